The highest BCUT2D eigenvalue weighted by atomic mass is 32.1. The lowest BCUT2D eigenvalue weighted by atomic mass is 10.1. The smallest absolute Gasteiger partial charge is 0.110 e. The molecule has 0 amide bonds. The molecule has 1 aliphatic rings. The van der Waals surface area contributed by atoms with Crippen molar-refractivity contribution in [3.8, 4) is 0 Å². The Balaban J connectivity index is 2.52. The van der Waals surface area contributed by atoms with Crippen molar-refractivity contribution in [3.63, 3.8) is 0 Å². The molecule has 0 aliphatic heterocycles. The van der Waals surface area contributed by atoms with Gasteiger partial charge in [-0.15, -0.1) is 0 Å². The van der Waals surface area contributed by atoms with Crippen LogP contribution < -0.4 is 5.32 Å². The maximum absolute atomic E-state index is 5.16. The van der Waals surface area contributed by atoms with Crippen LogP contribution in [0, 0.1) is 0 Å². The second-order valence-corrected chi connectivity index (χ2v) is 3.02. The predicted octanol–water partition coefficient (Wildman–Crippen LogP) is 2.71. The molecular weight excluding hydrogens is 166 g/mol. The first-order valence-corrected chi connectivity index (χ1v) is 4.54. The molecule has 0 aromatic carbocycles. The minimum Gasteiger partial charge on any atom is -0.353 e. The van der Waals surface area contributed by atoms with E-state index in [1.54, 1.807) is 0 Å². The molecule has 0 aromatic rings. The normalized spacial score (nSPS) is 16.2. The Kier molecular flexibility index (Phi) is 3.74. The minimum atomic E-state index is 0.809. The average Bonchev–Trinajstić information content (AvgIpc) is 2.15. The number of hydrogen-bond donors (Lipinski definition) is 1. The lowest BCUT2D eigenvalue weighted by molar-refractivity contribution is 1.03. The molecule has 1 aliphatic carbocycles. The summed E-state index contributed by atoms with van der Waals surface area (Å²) in [6.07, 6.45) is 12.4. The van der Waals surface area contributed by atoms with Crippen LogP contribution in [-0.4, -0.2) is 4.99 Å². The summed E-state index contributed by atoms with van der Waals surface area (Å²) in [5.41, 5.74) is 1.13. The van der Waals surface area contributed by atoms with E-state index in [1.165, 1.54) is 0 Å². The van der Waals surface area contributed by atoms with Gasteiger partial charge in [0.05, 0.1) is 0 Å². The van der Waals surface area contributed by atoms with Crippen molar-refractivity contribution in [1.82, 2.24) is 5.32 Å². The van der Waals surface area contributed by atoms with Crippen LogP contribution in [0.5, 0.6) is 0 Å². The molecule has 2 heteroatoms. The summed E-state index contributed by atoms with van der Waals surface area (Å²) in [4.78, 5) is 0.809. The zero-order valence-corrected chi connectivity index (χ0v) is 8.03. The van der Waals surface area contributed by atoms with Crippen LogP contribution in [0.2, 0.25) is 0 Å². The van der Waals surface area contributed by atoms with E-state index >= 15 is 0 Å². The Labute approximate surface area is 78.9 Å². The summed E-state index contributed by atoms with van der Waals surface area (Å²) < 4.78 is 0. The zero-order chi connectivity index (χ0) is 8.81. The van der Waals surface area contributed by atoms with E-state index in [0.29, 0.717) is 0 Å². The topological polar surface area (TPSA) is 12.0 Å². The third kappa shape index (κ3) is 2.62. The molecule has 1 N–H and O–H groups in total. The molecule has 0 saturated heterocycles. The highest BCUT2D eigenvalue weighted by Gasteiger charge is 2.00. The van der Waals surface area contributed by atoms with Gasteiger partial charge in [-0.05, 0) is 26.0 Å². The van der Waals surface area contributed by atoms with Gasteiger partial charge >= 0.3 is 0 Å². The highest BCUT2D eigenvalue weighted by Crippen LogP contribution is 2.10. The van der Waals surface area contributed by atoms with Crippen molar-refractivity contribution in [3.05, 3.63) is 36.1 Å². The summed E-state index contributed by atoms with van der Waals surface area (Å²) in [7, 11) is 0. The lowest BCUT2D eigenvalue weighted by Crippen LogP contribution is -2.16. The third-order valence-electron chi connectivity index (χ3n) is 1.64. The fourth-order valence-corrected chi connectivity index (χ4v) is 1.24. The lowest BCUT2D eigenvalue weighted by Gasteiger charge is -2.07. The fraction of sp³-hybridized carbons (Fsp3) is 0.300. The summed E-state index contributed by atoms with van der Waals surface area (Å²) in [5.74, 6) is 0. The molecule has 1 nitrogen and oxygen atoms in total. The Hall–Kier alpha value is -0.890. The molecule has 0 bridgehead atoms. The SMILES string of the molecule is C/C=C/NC(=S)C1=CCCC=C1. The molecule has 0 spiro atoms. The average molecular weight is 179 g/mol. The van der Waals surface area contributed by atoms with Crippen molar-refractivity contribution in [2.45, 2.75) is 19.8 Å². The zero-order valence-electron chi connectivity index (χ0n) is 7.21. The molecule has 0 atom stereocenters. The molecule has 0 fully saturated rings. The van der Waals surface area contributed by atoms with Crippen molar-refractivity contribution in [2.24, 2.45) is 0 Å². The number of hydrogen-bond acceptors (Lipinski definition) is 1. The van der Waals surface area contributed by atoms with Gasteiger partial charge in [0.1, 0.15) is 4.99 Å². The van der Waals surface area contributed by atoms with Crippen LogP contribution in [0.25, 0.3) is 0 Å². The van der Waals surface area contributed by atoms with Crippen LogP contribution in [0.3, 0.4) is 0 Å². The fourth-order valence-electron chi connectivity index (χ4n) is 1.02. The molecular formula is C10H13NS. The maximum Gasteiger partial charge on any atom is 0.110 e. The van der Waals surface area contributed by atoms with Gasteiger partial charge < -0.3 is 5.32 Å². The molecule has 0 heterocycles. The largest absolute Gasteiger partial charge is 0.353 e. The van der Waals surface area contributed by atoms with Crippen LogP contribution in [0.1, 0.15) is 19.8 Å². The van der Waals surface area contributed by atoms with Gasteiger partial charge in [0.15, 0.2) is 0 Å². The first-order valence-electron chi connectivity index (χ1n) is 4.13. The molecule has 0 saturated carbocycles. The molecule has 12 heavy (non-hydrogen) atoms. The second-order valence-electron chi connectivity index (χ2n) is 2.61. The third-order valence-corrected chi connectivity index (χ3v) is 1.99. The monoisotopic (exact) mass is 179 g/mol. The molecule has 64 valence electrons. The summed E-state index contributed by atoms with van der Waals surface area (Å²) >= 11 is 5.16. The predicted molar refractivity (Wildman–Crippen MR) is 57.0 cm³/mol. The minimum absolute atomic E-state index is 0.809. The van der Waals surface area contributed by atoms with E-state index < -0.39 is 0 Å². The van der Waals surface area contributed by atoms with Crippen molar-refractivity contribution in [1.29, 1.82) is 0 Å². The highest BCUT2D eigenvalue weighted by molar-refractivity contribution is 7.80. The summed E-state index contributed by atoms with van der Waals surface area (Å²) in [5, 5.41) is 3.03. The summed E-state index contributed by atoms with van der Waals surface area (Å²) in [6.45, 7) is 1.96. The number of allylic oxidation sites excluding steroid dienone is 3. The Bertz CT molecular complexity index is 249. The molecule has 0 radical (unpaired) electrons. The quantitative estimate of drug-likeness (QED) is 0.654. The van der Waals surface area contributed by atoms with E-state index in [4.69, 9.17) is 12.2 Å². The van der Waals surface area contributed by atoms with Gasteiger partial charge in [-0.25, -0.2) is 0 Å². The van der Waals surface area contributed by atoms with Gasteiger partial charge in [0, 0.05) is 5.57 Å². The number of thiocarbonyl (C=S) groups is 1. The van der Waals surface area contributed by atoms with Crippen molar-refractivity contribution >= 4 is 17.2 Å². The van der Waals surface area contributed by atoms with Gasteiger partial charge in [-0.2, -0.15) is 0 Å². The Morgan fingerprint density at radius 2 is 2.42 bits per heavy atom. The van der Waals surface area contributed by atoms with Gasteiger partial charge in [0.25, 0.3) is 0 Å². The number of rotatable bonds is 2. The Morgan fingerprint density at radius 1 is 1.58 bits per heavy atom. The first kappa shape index (κ1) is 9.20. The standard InChI is InChI=1S/C10H13NS/c1-2-8-11-10(12)9-6-4-3-5-7-9/h2,4,6-8H,3,5H2,1H3,(H,11,12)/b8-2+. The van der Waals surface area contributed by atoms with E-state index in [0.717, 1.165) is 23.4 Å². The van der Waals surface area contributed by atoms with E-state index in [-0.39, 0.29) is 0 Å². The van der Waals surface area contributed by atoms with Gasteiger partial charge in [-0.3, -0.25) is 0 Å². The van der Waals surface area contributed by atoms with E-state index in [9.17, 15) is 0 Å². The van der Waals surface area contributed by atoms with Crippen molar-refractivity contribution < 1.29 is 0 Å². The van der Waals surface area contributed by atoms with E-state index in [2.05, 4.69) is 23.5 Å². The maximum atomic E-state index is 5.16. The van der Waals surface area contributed by atoms with Crippen molar-refractivity contribution in [2.75, 3.05) is 0 Å². The van der Waals surface area contributed by atoms with Crippen LogP contribution in [-0.2, 0) is 0 Å². The molecule has 0 unspecified atom stereocenters. The summed E-state index contributed by atoms with van der Waals surface area (Å²) in [6, 6.07) is 0. The van der Waals surface area contributed by atoms with Crippen LogP contribution in [0.15, 0.2) is 36.1 Å². The van der Waals surface area contributed by atoms with Crippen LogP contribution >= 0.6 is 12.2 Å². The Morgan fingerprint density at radius 3 is 3.00 bits per heavy atom. The van der Waals surface area contributed by atoms with Gasteiger partial charge in [-0.1, -0.05) is 36.5 Å². The number of nitrogens with one attached hydrogen (secondary N) is 1. The van der Waals surface area contributed by atoms with Gasteiger partial charge in [0.2, 0.25) is 0 Å². The van der Waals surface area contributed by atoms with E-state index in [1.807, 2.05) is 19.2 Å². The second kappa shape index (κ2) is 4.88. The first-order chi connectivity index (χ1) is 5.84. The molecule has 0 aromatic heterocycles. The van der Waals surface area contributed by atoms with Crippen LogP contribution in [0.4, 0.5) is 0 Å². The molecule has 1 rings (SSSR count).